The molecule has 0 amide bonds. The van der Waals surface area contributed by atoms with Crippen LogP contribution >= 0.6 is 35.7 Å². The maximum Gasteiger partial charge on any atom is 0.191 e. The summed E-state index contributed by atoms with van der Waals surface area (Å²) in [5, 5.41) is 17.0. The second-order valence-electron chi connectivity index (χ2n) is 6.11. The molecule has 0 aliphatic heterocycles. The zero-order chi connectivity index (χ0) is 19.0. The molecule has 8 heteroatoms. The molecule has 1 heterocycles. The van der Waals surface area contributed by atoms with Crippen molar-refractivity contribution in [1.82, 2.24) is 10.6 Å². The molecule has 27 heavy (non-hydrogen) atoms. The highest BCUT2D eigenvalue weighted by Gasteiger charge is 2.26. The SMILES string of the molecule is CCNC(=NCC(C)(O)c1ccc(C)o1)NCCSc1ccc(F)cc1.I. The van der Waals surface area contributed by atoms with E-state index < -0.39 is 5.60 Å². The zero-order valence-electron chi connectivity index (χ0n) is 15.8. The summed E-state index contributed by atoms with van der Waals surface area (Å²) in [6, 6.07) is 10.0. The molecular weight excluding hydrogens is 480 g/mol. The first-order valence-electron chi connectivity index (χ1n) is 8.60. The molecule has 1 aromatic heterocycles. The number of aliphatic hydroxyl groups is 1. The molecule has 0 radical (unpaired) electrons. The number of hydrogen-bond acceptors (Lipinski definition) is 4. The Labute approximate surface area is 181 Å². The molecule has 1 aromatic carbocycles. The van der Waals surface area contributed by atoms with Crippen molar-refractivity contribution in [2.24, 2.45) is 4.99 Å². The van der Waals surface area contributed by atoms with Gasteiger partial charge in [-0.25, -0.2) is 9.38 Å². The second kappa shape index (κ2) is 11.6. The summed E-state index contributed by atoms with van der Waals surface area (Å²) >= 11 is 1.64. The van der Waals surface area contributed by atoms with E-state index >= 15 is 0 Å². The number of benzene rings is 1. The van der Waals surface area contributed by atoms with Crippen LogP contribution in [0.1, 0.15) is 25.4 Å². The van der Waals surface area contributed by atoms with Crippen LogP contribution < -0.4 is 10.6 Å². The number of aliphatic imine (C=N–C) groups is 1. The van der Waals surface area contributed by atoms with Gasteiger partial charge in [-0.15, -0.1) is 35.7 Å². The largest absolute Gasteiger partial charge is 0.463 e. The van der Waals surface area contributed by atoms with E-state index in [-0.39, 0.29) is 36.3 Å². The lowest BCUT2D eigenvalue weighted by Crippen LogP contribution is -2.39. The van der Waals surface area contributed by atoms with Crippen LogP contribution in [0.15, 0.2) is 50.7 Å². The number of thioether (sulfide) groups is 1. The number of halogens is 2. The number of rotatable bonds is 8. The van der Waals surface area contributed by atoms with Crippen LogP contribution in [-0.4, -0.2) is 36.5 Å². The van der Waals surface area contributed by atoms with Crippen molar-refractivity contribution in [1.29, 1.82) is 0 Å². The van der Waals surface area contributed by atoms with Crippen LogP contribution in [0.2, 0.25) is 0 Å². The highest BCUT2D eigenvalue weighted by Crippen LogP contribution is 2.23. The van der Waals surface area contributed by atoms with Crippen molar-refractivity contribution in [2.45, 2.75) is 31.3 Å². The lowest BCUT2D eigenvalue weighted by atomic mass is 10.0. The Bertz CT molecular complexity index is 720. The van der Waals surface area contributed by atoms with Crippen molar-refractivity contribution >= 4 is 41.7 Å². The number of aryl methyl sites for hydroxylation is 1. The Morgan fingerprint density at radius 2 is 1.93 bits per heavy atom. The third-order valence-electron chi connectivity index (χ3n) is 3.64. The highest BCUT2D eigenvalue weighted by atomic mass is 127. The fourth-order valence-electron chi connectivity index (χ4n) is 2.25. The molecule has 0 saturated heterocycles. The van der Waals surface area contributed by atoms with Gasteiger partial charge in [0.05, 0.1) is 6.54 Å². The van der Waals surface area contributed by atoms with E-state index in [1.54, 1.807) is 36.9 Å². The molecule has 0 aliphatic carbocycles. The molecule has 3 N–H and O–H groups in total. The van der Waals surface area contributed by atoms with E-state index in [2.05, 4.69) is 15.6 Å². The molecule has 2 aromatic rings. The number of guanidine groups is 1. The Hall–Kier alpha value is -1.26. The summed E-state index contributed by atoms with van der Waals surface area (Å²) < 4.78 is 18.4. The van der Waals surface area contributed by atoms with Gasteiger partial charge in [-0.3, -0.25) is 0 Å². The van der Waals surface area contributed by atoms with Crippen LogP contribution in [-0.2, 0) is 5.60 Å². The summed E-state index contributed by atoms with van der Waals surface area (Å²) in [6.45, 7) is 7.10. The molecular formula is C19H27FIN3O2S. The minimum Gasteiger partial charge on any atom is -0.463 e. The van der Waals surface area contributed by atoms with Gasteiger partial charge in [0.1, 0.15) is 22.9 Å². The Kier molecular flexibility index (Phi) is 10.2. The topological polar surface area (TPSA) is 69.8 Å². The molecule has 5 nitrogen and oxygen atoms in total. The maximum absolute atomic E-state index is 12.9. The fourth-order valence-corrected chi connectivity index (χ4v) is 3.01. The zero-order valence-corrected chi connectivity index (χ0v) is 18.9. The van der Waals surface area contributed by atoms with E-state index in [1.165, 1.54) is 12.1 Å². The lowest BCUT2D eigenvalue weighted by Gasteiger charge is -2.19. The number of nitrogens with zero attached hydrogens (tertiary/aromatic N) is 1. The first-order chi connectivity index (χ1) is 12.4. The first kappa shape index (κ1) is 23.8. The first-order valence-corrected chi connectivity index (χ1v) is 9.59. The van der Waals surface area contributed by atoms with Crippen LogP contribution in [0.5, 0.6) is 0 Å². The molecule has 1 atom stereocenters. The molecule has 0 bridgehead atoms. The van der Waals surface area contributed by atoms with Crippen LogP contribution in [0.25, 0.3) is 0 Å². The summed E-state index contributed by atoms with van der Waals surface area (Å²) in [5.41, 5.74) is -1.17. The average Bonchev–Trinajstić information content (AvgIpc) is 3.05. The maximum atomic E-state index is 12.9. The summed E-state index contributed by atoms with van der Waals surface area (Å²) in [4.78, 5) is 5.47. The number of hydrogen-bond donors (Lipinski definition) is 3. The average molecular weight is 507 g/mol. The smallest absolute Gasteiger partial charge is 0.191 e. The van der Waals surface area contributed by atoms with E-state index in [0.29, 0.717) is 18.3 Å². The van der Waals surface area contributed by atoms with Gasteiger partial charge in [0.2, 0.25) is 0 Å². The van der Waals surface area contributed by atoms with Gasteiger partial charge in [-0.1, -0.05) is 0 Å². The molecule has 150 valence electrons. The van der Waals surface area contributed by atoms with Crippen LogP contribution in [0.4, 0.5) is 4.39 Å². The Morgan fingerprint density at radius 3 is 2.52 bits per heavy atom. The predicted molar refractivity (Wildman–Crippen MR) is 120 cm³/mol. The van der Waals surface area contributed by atoms with Crippen molar-refractivity contribution in [2.75, 3.05) is 25.4 Å². The standard InChI is InChI=1S/C19H26FN3O2S.HI/c1-4-21-18(22-11-12-26-16-8-6-15(20)7-9-16)23-13-19(3,24)17-10-5-14(2)25-17;/h5-10,24H,4,11-13H2,1-3H3,(H2,21,22,23);1H. The van der Waals surface area contributed by atoms with Crippen LogP contribution in [0, 0.1) is 12.7 Å². The molecule has 0 aliphatic rings. The lowest BCUT2D eigenvalue weighted by molar-refractivity contribution is 0.0428. The van der Waals surface area contributed by atoms with Crippen molar-refractivity contribution < 1.29 is 13.9 Å². The summed E-state index contributed by atoms with van der Waals surface area (Å²) in [7, 11) is 0. The van der Waals surface area contributed by atoms with Crippen molar-refractivity contribution in [3.63, 3.8) is 0 Å². The quantitative estimate of drug-likeness (QED) is 0.166. The van der Waals surface area contributed by atoms with Gasteiger partial charge in [-0.2, -0.15) is 0 Å². The van der Waals surface area contributed by atoms with E-state index in [0.717, 1.165) is 23.0 Å². The number of furan rings is 1. The fraction of sp³-hybridized carbons (Fsp3) is 0.421. The normalized spacial score (nSPS) is 13.6. The van der Waals surface area contributed by atoms with E-state index in [9.17, 15) is 9.50 Å². The minimum absolute atomic E-state index is 0. The van der Waals surface area contributed by atoms with Gasteiger partial charge in [0.25, 0.3) is 0 Å². The Morgan fingerprint density at radius 1 is 1.22 bits per heavy atom. The highest BCUT2D eigenvalue weighted by molar-refractivity contribution is 14.0. The van der Waals surface area contributed by atoms with Gasteiger partial charge in [0, 0.05) is 23.7 Å². The summed E-state index contributed by atoms with van der Waals surface area (Å²) in [6.07, 6.45) is 0. The monoisotopic (exact) mass is 507 g/mol. The molecule has 0 spiro atoms. The van der Waals surface area contributed by atoms with Crippen molar-refractivity contribution in [3.05, 3.63) is 53.7 Å². The molecule has 2 rings (SSSR count). The Balaban J connectivity index is 0.00000364. The van der Waals surface area contributed by atoms with E-state index in [1.807, 2.05) is 19.9 Å². The van der Waals surface area contributed by atoms with Crippen molar-refractivity contribution in [3.8, 4) is 0 Å². The number of nitrogens with one attached hydrogen (secondary N) is 2. The van der Waals surface area contributed by atoms with Gasteiger partial charge in [0.15, 0.2) is 5.96 Å². The third kappa shape index (κ3) is 8.10. The minimum atomic E-state index is -1.17. The van der Waals surface area contributed by atoms with Gasteiger partial charge < -0.3 is 20.2 Å². The third-order valence-corrected chi connectivity index (χ3v) is 4.65. The summed E-state index contributed by atoms with van der Waals surface area (Å²) in [5.74, 6) is 2.47. The second-order valence-corrected chi connectivity index (χ2v) is 7.28. The predicted octanol–water partition coefficient (Wildman–Crippen LogP) is 3.90. The molecule has 0 saturated carbocycles. The van der Waals surface area contributed by atoms with Gasteiger partial charge >= 0.3 is 0 Å². The molecule has 1 unspecified atom stereocenters. The van der Waals surface area contributed by atoms with Crippen LogP contribution in [0.3, 0.4) is 0 Å². The van der Waals surface area contributed by atoms with Gasteiger partial charge in [-0.05, 0) is 57.2 Å². The van der Waals surface area contributed by atoms with E-state index in [4.69, 9.17) is 4.42 Å². The molecule has 0 fully saturated rings.